The van der Waals surface area contributed by atoms with Crippen molar-refractivity contribution in [2.24, 2.45) is 5.92 Å². The number of morpholine rings is 1. The van der Waals surface area contributed by atoms with Gasteiger partial charge in [0.15, 0.2) is 5.65 Å². The van der Waals surface area contributed by atoms with Crippen molar-refractivity contribution < 1.29 is 4.74 Å². The molecule has 0 radical (unpaired) electrons. The van der Waals surface area contributed by atoms with Crippen molar-refractivity contribution >= 4 is 22.9 Å². The third-order valence-electron chi connectivity index (χ3n) is 5.99. The lowest BCUT2D eigenvalue weighted by Gasteiger charge is -2.29. The van der Waals surface area contributed by atoms with Crippen LogP contribution in [0.25, 0.3) is 22.3 Å². The van der Waals surface area contributed by atoms with Crippen molar-refractivity contribution in [3.05, 3.63) is 18.6 Å². The van der Waals surface area contributed by atoms with E-state index in [4.69, 9.17) is 25.5 Å². The summed E-state index contributed by atoms with van der Waals surface area (Å²) in [6, 6.07) is 0. The van der Waals surface area contributed by atoms with Gasteiger partial charge in [-0.1, -0.05) is 0 Å². The van der Waals surface area contributed by atoms with Gasteiger partial charge in [-0.05, 0) is 38.9 Å². The van der Waals surface area contributed by atoms with Crippen LogP contribution in [0.15, 0.2) is 18.6 Å². The van der Waals surface area contributed by atoms with Crippen LogP contribution >= 0.6 is 0 Å². The number of hydrogen-bond donors (Lipinski definition) is 1. The van der Waals surface area contributed by atoms with E-state index in [0.29, 0.717) is 25.1 Å². The highest BCUT2D eigenvalue weighted by Crippen LogP contribution is 2.29. The molecule has 10 heteroatoms. The summed E-state index contributed by atoms with van der Waals surface area (Å²) in [5.74, 6) is 1.55. The third kappa shape index (κ3) is 3.80. The van der Waals surface area contributed by atoms with Crippen LogP contribution in [0.5, 0.6) is 0 Å². The lowest BCUT2D eigenvalue weighted by molar-refractivity contribution is 0.122. The Morgan fingerprint density at radius 3 is 2.50 bits per heavy atom. The Morgan fingerprint density at radius 1 is 1.03 bits per heavy atom. The molecule has 5 heterocycles. The number of likely N-dealkylation sites (tertiary alicyclic amines) is 1. The quantitative estimate of drug-likeness (QED) is 0.675. The van der Waals surface area contributed by atoms with Crippen LogP contribution in [0.2, 0.25) is 0 Å². The average molecular weight is 409 g/mol. The minimum atomic E-state index is 0.246. The van der Waals surface area contributed by atoms with E-state index in [1.165, 1.54) is 12.8 Å². The van der Waals surface area contributed by atoms with Gasteiger partial charge in [-0.2, -0.15) is 10.1 Å². The van der Waals surface area contributed by atoms with Gasteiger partial charge < -0.3 is 20.3 Å². The lowest BCUT2D eigenvalue weighted by Crippen LogP contribution is -2.37. The van der Waals surface area contributed by atoms with E-state index < -0.39 is 0 Å². The highest BCUT2D eigenvalue weighted by molar-refractivity contribution is 5.90. The fourth-order valence-corrected chi connectivity index (χ4v) is 4.15. The van der Waals surface area contributed by atoms with Crippen molar-refractivity contribution in [3.63, 3.8) is 0 Å². The number of rotatable bonds is 4. The number of aromatic nitrogens is 6. The number of piperidine rings is 1. The van der Waals surface area contributed by atoms with E-state index in [9.17, 15) is 0 Å². The maximum atomic E-state index is 5.69. The molecule has 0 amide bonds. The van der Waals surface area contributed by atoms with Gasteiger partial charge in [0.1, 0.15) is 0 Å². The minimum absolute atomic E-state index is 0.246. The lowest BCUT2D eigenvalue weighted by atomic mass is 9.97. The molecule has 158 valence electrons. The van der Waals surface area contributed by atoms with Gasteiger partial charge in [0.05, 0.1) is 30.5 Å². The van der Waals surface area contributed by atoms with Crippen LogP contribution in [-0.4, -0.2) is 81.1 Å². The van der Waals surface area contributed by atoms with Crippen molar-refractivity contribution in [1.29, 1.82) is 0 Å². The fraction of sp³-hybridized carbons (Fsp3) is 0.550. The molecule has 0 aliphatic carbocycles. The molecule has 5 rings (SSSR count). The van der Waals surface area contributed by atoms with Crippen LogP contribution in [0.1, 0.15) is 12.8 Å². The fourth-order valence-electron chi connectivity index (χ4n) is 4.15. The first kappa shape index (κ1) is 19.1. The zero-order chi connectivity index (χ0) is 20.5. The molecule has 30 heavy (non-hydrogen) atoms. The number of hydrogen-bond acceptors (Lipinski definition) is 9. The monoisotopic (exact) mass is 409 g/mol. The van der Waals surface area contributed by atoms with Gasteiger partial charge >= 0.3 is 0 Å². The van der Waals surface area contributed by atoms with Gasteiger partial charge in [0.25, 0.3) is 0 Å². The third-order valence-corrected chi connectivity index (χ3v) is 5.99. The molecular weight excluding hydrogens is 382 g/mol. The first-order chi connectivity index (χ1) is 14.7. The Bertz CT molecular complexity index is 1010. The van der Waals surface area contributed by atoms with Crippen molar-refractivity contribution in [2.45, 2.75) is 19.4 Å². The van der Waals surface area contributed by atoms with Crippen LogP contribution in [0, 0.1) is 5.92 Å². The maximum Gasteiger partial charge on any atom is 0.228 e. The molecule has 2 aliphatic heterocycles. The van der Waals surface area contributed by atoms with E-state index in [-0.39, 0.29) is 5.95 Å². The highest BCUT2D eigenvalue weighted by atomic mass is 16.5. The second kappa shape index (κ2) is 8.11. The summed E-state index contributed by atoms with van der Waals surface area (Å²) in [5.41, 5.74) is 8.14. The first-order valence-electron chi connectivity index (χ1n) is 10.5. The first-order valence-corrected chi connectivity index (χ1v) is 10.5. The van der Waals surface area contributed by atoms with Crippen LogP contribution in [0.4, 0.5) is 11.9 Å². The summed E-state index contributed by atoms with van der Waals surface area (Å²) < 4.78 is 7.54. The summed E-state index contributed by atoms with van der Waals surface area (Å²) in [4.78, 5) is 22.7. The number of nitrogen functional groups attached to an aromatic ring is 1. The molecule has 2 N–H and O–H groups in total. The van der Waals surface area contributed by atoms with Gasteiger partial charge in [-0.3, -0.25) is 0 Å². The summed E-state index contributed by atoms with van der Waals surface area (Å²) in [5, 5.41) is 5.60. The van der Waals surface area contributed by atoms with Gasteiger partial charge in [-0.25, -0.2) is 19.6 Å². The molecule has 2 fully saturated rings. The molecule has 0 aromatic carbocycles. The van der Waals surface area contributed by atoms with Crippen molar-refractivity contribution in [3.8, 4) is 11.3 Å². The van der Waals surface area contributed by atoms with E-state index >= 15 is 0 Å². The zero-order valence-electron chi connectivity index (χ0n) is 17.2. The normalized spacial score (nSPS) is 18.9. The predicted octanol–water partition coefficient (Wildman–Crippen LogP) is 1.04. The number of fused-ring (bicyclic) bond motifs is 1. The molecule has 0 bridgehead atoms. The summed E-state index contributed by atoms with van der Waals surface area (Å²) in [6.07, 6.45) is 7.64. The van der Waals surface area contributed by atoms with Gasteiger partial charge in [-0.15, -0.1) is 0 Å². The predicted molar refractivity (Wildman–Crippen MR) is 114 cm³/mol. The maximum absolute atomic E-state index is 5.69. The SMILES string of the molecule is CN1CCC(Cn2ncc3c(-c4cnc(N)nc4)nc(N4CCOCC4)nc32)CC1. The molecule has 0 atom stereocenters. The number of nitrogens with zero attached hydrogens (tertiary/aromatic N) is 8. The number of nitrogens with two attached hydrogens (primary N) is 1. The molecular formula is C20H27N9O. The number of anilines is 2. The Morgan fingerprint density at radius 2 is 1.77 bits per heavy atom. The van der Waals surface area contributed by atoms with E-state index in [1.807, 2.05) is 10.9 Å². The smallest absolute Gasteiger partial charge is 0.228 e. The Balaban J connectivity index is 1.55. The van der Waals surface area contributed by atoms with Crippen molar-refractivity contribution in [1.82, 2.24) is 34.6 Å². The van der Waals surface area contributed by atoms with E-state index in [1.54, 1.807) is 12.4 Å². The second-order valence-electron chi connectivity index (χ2n) is 8.11. The molecule has 3 aromatic heterocycles. The Hall–Kier alpha value is -2.85. The second-order valence-corrected chi connectivity index (χ2v) is 8.11. The molecule has 10 nitrogen and oxygen atoms in total. The molecule has 0 unspecified atom stereocenters. The van der Waals surface area contributed by atoms with Crippen LogP contribution < -0.4 is 10.6 Å². The Kier molecular flexibility index (Phi) is 5.17. The Labute approximate surface area is 175 Å². The van der Waals surface area contributed by atoms with E-state index in [2.05, 4.69) is 26.8 Å². The van der Waals surface area contributed by atoms with Crippen LogP contribution in [-0.2, 0) is 11.3 Å². The van der Waals surface area contributed by atoms with Gasteiger partial charge in [0.2, 0.25) is 11.9 Å². The topological polar surface area (TPSA) is 111 Å². The standard InChI is InChI=1S/C20H27N9O/c1-27-4-2-14(3-5-27)13-29-18-16(12-24-29)17(15-10-22-19(21)23-11-15)25-20(26-18)28-6-8-30-9-7-28/h10-12,14H,2-9,13H2,1H3,(H2,21,22,23). The summed E-state index contributed by atoms with van der Waals surface area (Å²) >= 11 is 0. The molecule has 3 aromatic rings. The minimum Gasteiger partial charge on any atom is -0.378 e. The summed E-state index contributed by atoms with van der Waals surface area (Å²) in [6.45, 7) is 6.03. The van der Waals surface area contributed by atoms with Gasteiger partial charge in [0, 0.05) is 37.6 Å². The highest BCUT2D eigenvalue weighted by Gasteiger charge is 2.22. The molecule has 0 saturated carbocycles. The molecule has 0 spiro atoms. The van der Waals surface area contributed by atoms with E-state index in [0.717, 1.165) is 55.0 Å². The summed E-state index contributed by atoms with van der Waals surface area (Å²) in [7, 11) is 2.18. The number of ether oxygens (including phenoxy) is 1. The zero-order valence-corrected chi connectivity index (χ0v) is 17.2. The van der Waals surface area contributed by atoms with Crippen LogP contribution in [0.3, 0.4) is 0 Å². The van der Waals surface area contributed by atoms with Crippen molar-refractivity contribution in [2.75, 3.05) is 57.1 Å². The molecule has 2 saturated heterocycles. The average Bonchev–Trinajstić information content (AvgIpc) is 3.18. The molecule has 2 aliphatic rings. The largest absolute Gasteiger partial charge is 0.378 e.